The third-order valence-electron chi connectivity index (χ3n) is 1.16. The minimum Gasteiger partial charge on any atom is -0.463 e. The van der Waals surface area contributed by atoms with Gasteiger partial charge in [0.1, 0.15) is 6.61 Å². The molecule has 0 atom stereocenters. The molecule has 1 aromatic carbocycles. The lowest BCUT2D eigenvalue weighted by atomic mass is 10.2. The van der Waals surface area contributed by atoms with Gasteiger partial charge in [-0.05, 0) is 5.56 Å². The fourth-order valence-corrected chi connectivity index (χ4v) is 0.704. The second-order valence-corrected chi connectivity index (χ2v) is 2.60. The van der Waals surface area contributed by atoms with Gasteiger partial charge in [-0.2, -0.15) is 0 Å². The van der Waals surface area contributed by atoms with Gasteiger partial charge in [-0.3, -0.25) is 4.79 Å². The number of hydrogen-bond donors (Lipinski definition) is 0. The predicted molar refractivity (Wildman–Crippen MR) is 53.3 cm³/mol. The Morgan fingerprint density at radius 3 is 2.23 bits per heavy atom. The highest BCUT2D eigenvalue weighted by molar-refractivity contribution is 5.37. The zero-order valence-electron chi connectivity index (χ0n) is 8.19. The Balaban J connectivity index is 0.000000424. The maximum atomic E-state index is 9.76. The molecule has 2 nitrogen and oxygen atoms in total. The van der Waals surface area contributed by atoms with Gasteiger partial charge in [0.25, 0.3) is 6.47 Å². The molecule has 1 aromatic rings. The Labute approximate surface area is 79.5 Å². The van der Waals surface area contributed by atoms with Crippen molar-refractivity contribution < 1.29 is 9.53 Å². The van der Waals surface area contributed by atoms with Gasteiger partial charge < -0.3 is 4.74 Å². The van der Waals surface area contributed by atoms with E-state index in [4.69, 9.17) is 0 Å². The highest BCUT2D eigenvalue weighted by Gasteiger charge is 1.87. The minimum atomic E-state index is 0.365. The number of carbonyl (C=O) groups excluding carboxylic acids is 1. The van der Waals surface area contributed by atoms with Crippen LogP contribution in [0.1, 0.15) is 25.8 Å². The molecule has 0 saturated carbocycles. The Kier molecular flexibility index (Phi) is 7.90. The standard InChI is InChI=1S/C8H8O2.C3H8/c9-7-10-6-8-4-2-1-3-5-8;1-3-2/h1-5,7H,6H2;3H2,1-2H3. The summed E-state index contributed by atoms with van der Waals surface area (Å²) in [5, 5.41) is 0. The molecule has 0 saturated heterocycles. The Hall–Kier alpha value is -1.31. The van der Waals surface area contributed by atoms with E-state index in [1.807, 2.05) is 30.3 Å². The number of hydrogen-bond acceptors (Lipinski definition) is 2. The molecule has 0 bridgehead atoms. The summed E-state index contributed by atoms with van der Waals surface area (Å²) in [5.74, 6) is 0. The number of ether oxygens (including phenoxy) is 1. The molecule has 0 fully saturated rings. The molecule has 0 aliphatic rings. The van der Waals surface area contributed by atoms with Gasteiger partial charge in [-0.15, -0.1) is 0 Å². The van der Waals surface area contributed by atoms with Crippen molar-refractivity contribution in [2.24, 2.45) is 0 Å². The fraction of sp³-hybridized carbons (Fsp3) is 0.364. The van der Waals surface area contributed by atoms with E-state index in [-0.39, 0.29) is 0 Å². The molecule has 0 aliphatic heterocycles. The smallest absolute Gasteiger partial charge is 0.293 e. The van der Waals surface area contributed by atoms with Crippen molar-refractivity contribution >= 4 is 6.47 Å². The molecule has 13 heavy (non-hydrogen) atoms. The summed E-state index contributed by atoms with van der Waals surface area (Å²) >= 11 is 0. The molecule has 1 rings (SSSR count). The molecule has 0 aromatic heterocycles. The van der Waals surface area contributed by atoms with Crippen LogP contribution in [0.2, 0.25) is 0 Å². The Morgan fingerprint density at radius 2 is 1.77 bits per heavy atom. The van der Waals surface area contributed by atoms with Crippen LogP contribution in [-0.2, 0) is 16.1 Å². The second kappa shape index (κ2) is 8.78. The highest BCUT2D eigenvalue weighted by atomic mass is 16.5. The quantitative estimate of drug-likeness (QED) is 0.668. The molecular formula is C11H16O2. The lowest BCUT2D eigenvalue weighted by molar-refractivity contribution is -0.129. The molecule has 2 heteroatoms. The first-order valence-electron chi connectivity index (χ1n) is 4.44. The molecule has 72 valence electrons. The van der Waals surface area contributed by atoms with Crippen LogP contribution in [-0.4, -0.2) is 6.47 Å². The van der Waals surface area contributed by atoms with Crippen molar-refractivity contribution in [3.8, 4) is 0 Å². The third kappa shape index (κ3) is 7.06. The largest absolute Gasteiger partial charge is 0.463 e. The predicted octanol–water partition coefficient (Wildman–Crippen LogP) is 2.78. The molecule has 0 radical (unpaired) electrons. The summed E-state index contributed by atoms with van der Waals surface area (Å²) in [6, 6.07) is 9.55. The van der Waals surface area contributed by atoms with Crippen molar-refractivity contribution in [1.82, 2.24) is 0 Å². The van der Waals surface area contributed by atoms with Crippen molar-refractivity contribution in [2.45, 2.75) is 26.9 Å². The van der Waals surface area contributed by atoms with Crippen LogP contribution >= 0.6 is 0 Å². The maximum absolute atomic E-state index is 9.76. The number of benzene rings is 1. The third-order valence-corrected chi connectivity index (χ3v) is 1.16. The molecule has 0 amide bonds. The Bertz CT molecular complexity index is 207. The first-order chi connectivity index (χ1) is 6.35. The summed E-state index contributed by atoms with van der Waals surface area (Å²) in [6.45, 7) is 5.07. The lowest BCUT2D eigenvalue weighted by Crippen LogP contribution is -1.88. The van der Waals surface area contributed by atoms with E-state index in [0.29, 0.717) is 13.1 Å². The SMILES string of the molecule is CCC.O=COCc1ccccc1. The van der Waals surface area contributed by atoms with Gasteiger partial charge in [-0.1, -0.05) is 50.6 Å². The van der Waals surface area contributed by atoms with Crippen LogP contribution in [0.5, 0.6) is 0 Å². The summed E-state index contributed by atoms with van der Waals surface area (Å²) in [6.07, 6.45) is 1.25. The van der Waals surface area contributed by atoms with Crippen molar-refractivity contribution in [1.29, 1.82) is 0 Å². The number of carbonyl (C=O) groups is 1. The monoisotopic (exact) mass is 180 g/mol. The highest BCUT2D eigenvalue weighted by Crippen LogP contribution is 1.98. The summed E-state index contributed by atoms with van der Waals surface area (Å²) in [4.78, 5) is 9.76. The van der Waals surface area contributed by atoms with Crippen molar-refractivity contribution in [2.75, 3.05) is 0 Å². The van der Waals surface area contributed by atoms with E-state index >= 15 is 0 Å². The lowest BCUT2D eigenvalue weighted by Gasteiger charge is -1.95. The summed E-state index contributed by atoms with van der Waals surface area (Å²) in [7, 11) is 0. The van der Waals surface area contributed by atoms with E-state index < -0.39 is 0 Å². The van der Waals surface area contributed by atoms with E-state index in [1.165, 1.54) is 6.42 Å². The van der Waals surface area contributed by atoms with E-state index in [0.717, 1.165) is 5.56 Å². The Morgan fingerprint density at radius 1 is 1.23 bits per heavy atom. The van der Waals surface area contributed by atoms with Gasteiger partial charge in [0.15, 0.2) is 0 Å². The molecule has 0 unspecified atom stereocenters. The molecule has 0 N–H and O–H groups in total. The van der Waals surface area contributed by atoms with Gasteiger partial charge in [0.05, 0.1) is 0 Å². The van der Waals surface area contributed by atoms with Crippen LogP contribution in [0, 0.1) is 0 Å². The number of rotatable bonds is 3. The van der Waals surface area contributed by atoms with Crippen LogP contribution in [0.25, 0.3) is 0 Å². The van der Waals surface area contributed by atoms with Gasteiger partial charge >= 0.3 is 0 Å². The average molecular weight is 180 g/mol. The van der Waals surface area contributed by atoms with E-state index in [2.05, 4.69) is 18.6 Å². The second-order valence-electron chi connectivity index (χ2n) is 2.60. The van der Waals surface area contributed by atoms with E-state index in [9.17, 15) is 4.79 Å². The van der Waals surface area contributed by atoms with Crippen molar-refractivity contribution in [3.63, 3.8) is 0 Å². The first-order valence-corrected chi connectivity index (χ1v) is 4.44. The topological polar surface area (TPSA) is 26.3 Å². The van der Waals surface area contributed by atoms with Crippen LogP contribution in [0.15, 0.2) is 30.3 Å². The maximum Gasteiger partial charge on any atom is 0.293 e. The molecule has 0 aliphatic carbocycles. The zero-order valence-corrected chi connectivity index (χ0v) is 8.19. The molecule has 0 spiro atoms. The zero-order chi connectivity index (χ0) is 9.94. The summed E-state index contributed by atoms with van der Waals surface area (Å²) in [5.41, 5.74) is 1.01. The van der Waals surface area contributed by atoms with Gasteiger partial charge in [-0.25, -0.2) is 0 Å². The van der Waals surface area contributed by atoms with Crippen LogP contribution in [0.4, 0.5) is 0 Å². The fourth-order valence-electron chi connectivity index (χ4n) is 0.704. The molecular weight excluding hydrogens is 164 g/mol. The van der Waals surface area contributed by atoms with Crippen molar-refractivity contribution in [3.05, 3.63) is 35.9 Å². The average Bonchev–Trinajstić information content (AvgIpc) is 2.18. The summed E-state index contributed by atoms with van der Waals surface area (Å²) < 4.78 is 4.54. The van der Waals surface area contributed by atoms with Gasteiger partial charge in [0, 0.05) is 0 Å². The van der Waals surface area contributed by atoms with Crippen LogP contribution in [0.3, 0.4) is 0 Å². The normalized spacial score (nSPS) is 8.15. The first kappa shape index (κ1) is 11.7. The van der Waals surface area contributed by atoms with E-state index in [1.54, 1.807) is 0 Å². The minimum absolute atomic E-state index is 0.365. The van der Waals surface area contributed by atoms with Crippen LogP contribution < -0.4 is 0 Å². The molecule has 0 heterocycles. The van der Waals surface area contributed by atoms with Gasteiger partial charge in [0.2, 0.25) is 0 Å².